The van der Waals surface area contributed by atoms with Gasteiger partial charge in [-0.2, -0.15) is 0 Å². The van der Waals surface area contributed by atoms with E-state index < -0.39 is 23.9 Å². The highest BCUT2D eigenvalue weighted by atomic mass is 16.5. The van der Waals surface area contributed by atoms with Crippen molar-refractivity contribution in [2.75, 3.05) is 13.1 Å². The number of nitrogens with one attached hydrogen (secondary N) is 2. The molecule has 1 saturated carbocycles. The van der Waals surface area contributed by atoms with Crippen LogP contribution in [0.5, 0.6) is 11.5 Å². The second-order valence-corrected chi connectivity index (χ2v) is 18.4. The molecular weight excluding hydrogens is 749 g/mol. The van der Waals surface area contributed by atoms with Gasteiger partial charge in [0.2, 0.25) is 0 Å². The van der Waals surface area contributed by atoms with E-state index in [0.717, 1.165) is 115 Å². The summed E-state index contributed by atoms with van der Waals surface area (Å²) in [6.45, 7) is 5.79. The third kappa shape index (κ3) is 8.04. The maximum Gasteiger partial charge on any atom is 0.252 e. The Morgan fingerprint density at radius 3 is 2.75 bits per heavy atom. The number of nitrogens with zero attached hydrogens (tertiary/aromatic N) is 1. The number of aliphatic hydroxyl groups excluding tert-OH is 2. The Morgan fingerprint density at radius 1 is 1.08 bits per heavy atom. The van der Waals surface area contributed by atoms with Crippen LogP contribution in [0.1, 0.15) is 125 Å². The molecule has 2 aliphatic carbocycles. The molecule has 60 heavy (non-hydrogen) atoms. The maximum atomic E-state index is 14.0. The fraction of sp³-hybridized carbons (Fsp3) is 0.529. The van der Waals surface area contributed by atoms with Gasteiger partial charge in [-0.25, -0.2) is 0 Å². The lowest BCUT2D eigenvalue weighted by Crippen LogP contribution is -3.13. The number of fused-ring (bicyclic) bond motifs is 8. The molecular formula is C51H61N4O5+. The van der Waals surface area contributed by atoms with E-state index in [1.807, 2.05) is 36.5 Å². The first-order chi connectivity index (χ1) is 29.2. The number of ketones is 1. The first-order valence-corrected chi connectivity index (χ1v) is 22.8. The molecule has 2 bridgehead atoms. The Labute approximate surface area is 355 Å². The number of rotatable bonds is 10. The number of benzene rings is 2. The van der Waals surface area contributed by atoms with Gasteiger partial charge in [-0.3, -0.25) is 20.0 Å². The van der Waals surface area contributed by atoms with Crippen LogP contribution >= 0.6 is 0 Å². The number of nitrogens with two attached hydrogens (primary N) is 1. The maximum absolute atomic E-state index is 14.0. The first-order valence-electron chi connectivity index (χ1n) is 22.8. The molecule has 6 N–H and O–H groups in total. The first kappa shape index (κ1) is 40.9. The predicted molar refractivity (Wildman–Crippen MR) is 233 cm³/mol. The van der Waals surface area contributed by atoms with Crippen LogP contribution in [0.2, 0.25) is 0 Å². The molecule has 9 nitrogen and oxygen atoms in total. The third-order valence-electron chi connectivity index (χ3n) is 14.5. The Morgan fingerprint density at radius 2 is 1.93 bits per heavy atom. The molecule has 9 heteroatoms. The predicted octanol–water partition coefficient (Wildman–Crippen LogP) is 6.10. The van der Waals surface area contributed by atoms with Crippen molar-refractivity contribution >= 4 is 11.5 Å². The number of carbonyl (C=O) groups is 1. The summed E-state index contributed by atoms with van der Waals surface area (Å²) in [4.78, 5) is 20.1. The van der Waals surface area contributed by atoms with Crippen LogP contribution < -0.4 is 25.4 Å². The van der Waals surface area contributed by atoms with E-state index in [0.29, 0.717) is 49.6 Å². The quantitative estimate of drug-likeness (QED) is 0.112. The van der Waals surface area contributed by atoms with Crippen molar-refractivity contribution in [2.24, 2.45) is 39.8 Å². The summed E-state index contributed by atoms with van der Waals surface area (Å²) in [5, 5.41) is 27.0. The number of aryl methyl sites for hydroxylation is 1. The highest BCUT2D eigenvalue weighted by Crippen LogP contribution is 2.47. The Bertz CT molecular complexity index is 2240. The van der Waals surface area contributed by atoms with Crippen LogP contribution in [0.3, 0.4) is 0 Å². The fourth-order valence-corrected chi connectivity index (χ4v) is 11.0. The minimum atomic E-state index is -1.01. The summed E-state index contributed by atoms with van der Waals surface area (Å²) in [6, 6.07) is 9.97. The summed E-state index contributed by atoms with van der Waals surface area (Å²) >= 11 is 0. The smallest absolute Gasteiger partial charge is 0.252 e. The topological polar surface area (TPSA) is 131 Å². The van der Waals surface area contributed by atoms with Gasteiger partial charge in [-0.1, -0.05) is 94.1 Å². The molecule has 2 aromatic carbocycles. The average molecular weight is 810 g/mol. The summed E-state index contributed by atoms with van der Waals surface area (Å²) in [7, 11) is 0. The zero-order valence-electron chi connectivity index (χ0n) is 35.3. The summed E-state index contributed by atoms with van der Waals surface area (Å²) in [5.41, 5.74) is 14.5. The van der Waals surface area contributed by atoms with Crippen molar-refractivity contribution in [1.82, 2.24) is 5.32 Å². The molecule has 2 aromatic rings. The molecule has 0 radical (unpaired) electrons. The number of ether oxygens (including phenoxy) is 2. The second kappa shape index (κ2) is 17.5. The monoisotopic (exact) mass is 809 g/mol. The number of hydrogen-bond donors (Lipinski definition) is 5. The van der Waals surface area contributed by atoms with Crippen LogP contribution in [-0.4, -0.2) is 47.1 Å². The molecule has 7 aliphatic rings. The lowest BCUT2D eigenvalue weighted by atomic mass is 9.73. The number of aliphatic imine (C=N–C) groups is 1. The Kier molecular flexibility index (Phi) is 11.9. The van der Waals surface area contributed by atoms with Crippen molar-refractivity contribution in [3.63, 3.8) is 0 Å². The van der Waals surface area contributed by atoms with Gasteiger partial charge in [0, 0.05) is 37.4 Å². The molecule has 9 unspecified atom stereocenters. The van der Waals surface area contributed by atoms with E-state index in [-0.39, 0.29) is 29.7 Å². The van der Waals surface area contributed by atoms with Crippen molar-refractivity contribution in [2.45, 2.75) is 128 Å². The van der Waals surface area contributed by atoms with Crippen molar-refractivity contribution in [3.8, 4) is 35.4 Å². The van der Waals surface area contributed by atoms with Gasteiger partial charge in [0.25, 0.3) is 6.23 Å². The number of aliphatic hydroxyl groups is 2. The lowest BCUT2D eigenvalue weighted by molar-refractivity contribution is -0.888. The normalized spacial score (nSPS) is 29.1. The number of carbonyl (C=O) groups excluding carboxylic acids is 1. The number of unbranched alkanes of at least 4 members (excludes halogenated alkanes) is 2. The number of allylic oxidation sites excluding steroid dienone is 2. The van der Waals surface area contributed by atoms with E-state index in [4.69, 9.17) is 20.2 Å². The van der Waals surface area contributed by atoms with Crippen molar-refractivity contribution in [1.29, 1.82) is 0 Å². The van der Waals surface area contributed by atoms with E-state index in [1.165, 1.54) is 5.56 Å². The van der Waals surface area contributed by atoms with Crippen LogP contribution in [0.4, 0.5) is 0 Å². The lowest BCUT2D eigenvalue weighted by Gasteiger charge is -2.36. The second-order valence-electron chi connectivity index (χ2n) is 18.4. The highest BCUT2D eigenvalue weighted by Gasteiger charge is 2.51. The summed E-state index contributed by atoms with van der Waals surface area (Å²) in [6.07, 6.45) is 21.1. The van der Waals surface area contributed by atoms with Crippen LogP contribution in [0.25, 0.3) is 0 Å². The standard InChI is InChI=1S/C51H60N4O5/c1-3-4-5-8-39(48(58)34-13-9-32(2)10-14-34)45(57)18-11-33-12-20-46-47(27-33)60-50-42(51(24-26-59-46)22-6-7-23-51)17-19-44(56)37-15-16-38-36(21-25-53-49(38)52)40(37)28-35-29-54-43-31-55(50)30-41(35)43/h9,12-13,15-16,20,27,29-30,32,34,39,42,44,48-50,53,56,58H,3-8,10-11,14,18,21-23,25,28,31,52H2,1-2H3/p+1. The van der Waals surface area contributed by atoms with Crippen molar-refractivity contribution in [3.05, 3.63) is 93.8 Å². The van der Waals surface area contributed by atoms with Crippen LogP contribution in [-0.2, 0) is 24.1 Å². The largest absolute Gasteiger partial charge is 0.437 e. The van der Waals surface area contributed by atoms with Gasteiger partial charge in [-0.05, 0) is 96.4 Å². The van der Waals surface area contributed by atoms with E-state index in [1.54, 1.807) is 0 Å². The van der Waals surface area contributed by atoms with Gasteiger partial charge in [-0.15, -0.1) is 0 Å². The Hall–Kier alpha value is -4.48. The van der Waals surface area contributed by atoms with E-state index in [9.17, 15) is 15.0 Å². The molecule has 1 spiro atoms. The Balaban J connectivity index is 1.04. The zero-order chi connectivity index (χ0) is 41.4. The molecule has 5 heterocycles. The molecule has 9 atom stereocenters. The molecule has 1 fully saturated rings. The molecule has 0 amide bonds. The minimum Gasteiger partial charge on any atom is -0.437 e. The van der Waals surface area contributed by atoms with Gasteiger partial charge in [0.05, 0.1) is 23.3 Å². The van der Waals surface area contributed by atoms with Gasteiger partial charge < -0.3 is 25.4 Å². The molecule has 314 valence electrons. The average Bonchev–Trinajstić information content (AvgIpc) is 4.00. The van der Waals surface area contributed by atoms with Crippen LogP contribution in [0.15, 0.2) is 71.0 Å². The molecule has 0 aromatic heterocycles. The van der Waals surface area contributed by atoms with Gasteiger partial charge in [0.15, 0.2) is 11.5 Å². The van der Waals surface area contributed by atoms with Crippen molar-refractivity contribution < 1.29 is 29.4 Å². The molecule has 5 aliphatic heterocycles. The number of Topliss-reactive ketones (excluding diaryl/α,β-unsaturated/α-hetero) is 1. The minimum absolute atomic E-state index is 0.0201. The fourth-order valence-electron chi connectivity index (χ4n) is 11.0. The zero-order valence-corrected chi connectivity index (χ0v) is 35.3. The SMILES string of the molecule is CCCCCC(C(=O)CCc1ccc2c(c1)OC1C(C#CC(O)c3ccc4c(c3CC3=CN=C5C[NH+]1C=C35)CCNC4N)C1(C#CO2)CCCC1)C(O)C1C=CC(C)CC1. The number of hydrogen-bond acceptors (Lipinski definition) is 8. The van der Waals surface area contributed by atoms with Crippen LogP contribution in [0, 0.1) is 53.0 Å². The number of quaternary nitrogens is 1. The molecule has 9 rings (SSSR count). The van der Waals surface area contributed by atoms with E-state index in [2.05, 4.69) is 61.4 Å². The highest BCUT2D eigenvalue weighted by molar-refractivity contribution is 6.08. The van der Waals surface area contributed by atoms with Gasteiger partial charge >= 0.3 is 0 Å². The van der Waals surface area contributed by atoms with E-state index >= 15 is 0 Å². The summed E-state index contributed by atoms with van der Waals surface area (Å²) < 4.78 is 13.5. The van der Waals surface area contributed by atoms with Gasteiger partial charge in [0.1, 0.15) is 42.4 Å². The molecule has 0 saturated heterocycles. The summed E-state index contributed by atoms with van der Waals surface area (Å²) in [5.74, 6) is 11.6. The third-order valence-corrected chi connectivity index (χ3v) is 14.5.